The maximum Gasteiger partial charge on any atom is 0.332 e. The number of aromatic nitrogens is 2. The molecular formula is C22H32N10O2. The van der Waals surface area contributed by atoms with Gasteiger partial charge in [0.05, 0.1) is 18.2 Å². The molecule has 1 aliphatic rings. The number of benzene rings is 1. The number of hydrogen-bond donors (Lipinski definition) is 4. The highest BCUT2D eigenvalue weighted by molar-refractivity contribution is 5.91. The number of nitriles is 1. The molecule has 0 amide bonds. The average Bonchev–Trinajstić information content (AvgIpc) is 2.79. The lowest BCUT2D eigenvalue weighted by atomic mass is 10.1. The van der Waals surface area contributed by atoms with E-state index in [-0.39, 0.29) is 30.1 Å². The molecule has 1 aliphatic heterocycles. The summed E-state index contributed by atoms with van der Waals surface area (Å²) in [5.41, 5.74) is 16.8. The second kappa shape index (κ2) is 11.7. The fraction of sp³-hybridized carbons (Fsp3) is 0.409. The van der Waals surface area contributed by atoms with Gasteiger partial charge in [0.25, 0.3) is 5.56 Å². The zero-order chi connectivity index (χ0) is 25.4. The van der Waals surface area contributed by atoms with E-state index >= 15 is 0 Å². The maximum atomic E-state index is 12.7. The minimum absolute atomic E-state index is 0.0211. The summed E-state index contributed by atoms with van der Waals surface area (Å²) in [5, 5.41) is 16.0. The van der Waals surface area contributed by atoms with Gasteiger partial charge in [0, 0.05) is 46.3 Å². The van der Waals surface area contributed by atoms with E-state index in [0.717, 1.165) is 29.5 Å². The number of aliphatic imine (C=N–C) groups is 1. The minimum atomic E-state index is -0.394. The average molecular weight is 469 g/mol. The summed E-state index contributed by atoms with van der Waals surface area (Å²) in [6.07, 6.45) is 1.85. The van der Waals surface area contributed by atoms with Gasteiger partial charge in [-0.2, -0.15) is 10.3 Å². The smallest absolute Gasteiger partial charge is 0.332 e. The second-order valence-electron chi connectivity index (χ2n) is 8.14. The lowest BCUT2D eigenvalue weighted by Gasteiger charge is -2.34. The molecule has 12 nitrogen and oxygen atoms in total. The first-order valence-electron chi connectivity index (χ1n) is 10.7. The van der Waals surface area contributed by atoms with Crippen LogP contribution >= 0.6 is 0 Å². The molecule has 12 heteroatoms. The van der Waals surface area contributed by atoms with Gasteiger partial charge in [-0.05, 0) is 24.5 Å². The fourth-order valence-corrected chi connectivity index (χ4v) is 3.45. The molecule has 7 N–H and O–H groups in total. The quantitative estimate of drug-likeness (QED) is 0.331. The molecule has 1 fully saturated rings. The SMILES string of the molecule is CN(C)/C(N)=N/C(=N)N.Cn1c(=O)cc(N2CCC[C@@H](N)C2)n(Cc2ccccc2C#N)c1=O. The number of rotatable bonds is 3. The van der Waals surface area contributed by atoms with Crippen LogP contribution in [0.25, 0.3) is 0 Å². The Labute approximate surface area is 198 Å². The van der Waals surface area contributed by atoms with Crippen LogP contribution in [0.4, 0.5) is 5.82 Å². The van der Waals surface area contributed by atoms with E-state index in [2.05, 4.69) is 11.1 Å². The maximum absolute atomic E-state index is 12.7. The van der Waals surface area contributed by atoms with Crippen molar-refractivity contribution in [2.24, 2.45) is 29.2 Å². The van der Waals surface area contributed by atoms with Crippen LogP contribution in [-0.4, -0.2) is 59.2 Å². The van der Waals surface area contributed by atoms with Crippen molar-refractivity contribution in [1.82, 2.24) is 14.0 Å². The van der Waals surface area contributed by atoms with Crippen molar-refractivity contribution in [3.05, 3.63) is 62.3 Å². The van der Waals surface area contributed by atoms with Gasteiger partial charge in [-0.3, -0.25) is 19.3 Å². The molecule has 1 aromatic heterocycles. The molecule has 2 heterocycles. The normalized spacial score (nSPS) is 15.7. The van der Waals surface area contributed by atoms with Gasteiger partial charge in [0.2, 0.25) is 5.96 Å². The van der Waals surface area contributed by atoms with Crippen molar-refractivity contribution in [3.8, 4) is 6.07 Å². The first kappa shape index (κ1) is 26.1. The van der Waals surface area contributed by atoms with Crippen LogP contribution in [-0.2, 0) is 13.6 Å². The molecule has 2 aromatic rings. The van der Waals surface area contributed by atoms with Gasteiger partial charge in [0.1, 0.15) is 5.82 Å². The second-order valence-corrected chi connectivity index (χ2v) is 8.14. The molecule has 1 atom stereocenters. The number of nitrogens with zero attached hydrogens (tertiary/aromatic N) is 6. The summed E-state index contributed by atoms with van der Waals surface area (Å²) in [7, 11) is 4.91. The van der Waals surface area contributed by atoms with Gasteiger partial charge in [0.15, 0.2) is 5.96 Å². The van der Waals surface area contributed by atoms with Crippen molar-refractivity contribution in [3.63, 3.8) is 0 Å². The summed E-state index contributed by atoms with van der Waals surface area (Å²) in [4.78, 5) is 31.9. The number of guanidine groups is 2. The third-order valence-corrected chi connectivity index (χ3v) is 5.32. The third-order valence-electron chi connectivity index (χ3n) is 5.32. The van der Waals surface area contributed by atoms with Crippen LogP contribution in [0.15, 0.2) is 44.9 Å². The number of nitrogens with two attached hydrogens (primary N) is 3. The zero-order valence-corrected chi connectivity index (χ0v) is 19.7. The summed E-state index contributed by atoms with van der Waals surface area (Å²) >= 11 is 0. The standard InChI is InChI=1S/C18H21N5O2.C4H11N5/c1-21-17(24)9-16(22-8-4-7-15(20)12-22)23(18(21)25)11-14-6-3-2-5-13(14)10-19;1-9(2)4(7)8-3(5)6/h2-3,5-6,9,15H,4,7-8,11-12,20H2,1H3;1-2H3,(H5,5,6,7,8)/t15-;/m1./s1. The molecule has 1 saturated heterocycles. The van der Waals surface area contributed by atoms with Crippen molar-refractivity contribution >= 4 is 17.7 Å². The largest absolute Gasteiger partial charge is 0.369 e. The lowest BCUT2D eigenvalue weighted by molar-refractivity contribution is 0.491. The third kappa shape index (κ3) is 6.69. The molecule has 0 bridgehead atoms. The molecule has 0 saturated carbocycles. The summed E-state index contributed by atoms with van der Waals surface area (Å²) in [6, 6.07) is 10.8. The van der Waals surface area contributed by atoms with E-state index in [1.54, 1.807) is 35.7 Å². The van der Waals surface area contributed by atoms with Gasteiger partial charge >= 0.3 is 5.69 Å². The summed E-state index contributed by atoms with van der Waals surface area (Å²) in [5.74, 6) is 0.527. The van der Waals surface area contributed by atoms with Crippen LogP contribution in [0.1, 0.15) is 24.0 Å². The highest BCUT2D eigenvalue weighted by atomic mass is 16.2. The molecule has 0 radical (unpaired) electrons. The molecular weight excluding hydrogens is 436 g/mol. The molecule has 1 aromatic carbocycles. The number of piperidine rings is 1. The summed E-state index contributed by atoms with van der Waals surface area (Å²) < 4.78 is 2.64. The minimum Gasteiger partial charge on any atom is -0.369 e. The van der Waals surface area contributed by atoms with E-state index in [4.69, 9.17) is 22.6 Å². The molecule has 0 aliphatic carbocycles. The molecule has 0 unspecified atom stereocenters. The van der Waals surface area contributed by atoms with Crippen molar-refractivity contribution in [1.29, 1.82) is 10.7 Å². The Morgan fingerprint density at radius 1 is 1.29 bits per heavy atom. The van der Waals surface area contributed by atoms with Crippen LogP contribution in [0.5, 0.6) is 0 Å². The first-order chi connectivity index (χ1) is 16.0. The fourth-order valence-electron chi connectivity index (χ4n) is 3.45. The Morgan fingerprint density at radius 2 is 1.97 bits per heavy atom. The highest BCUT2D eigenvalue weighted by Crippen LogP contribution is 2.19. The molecule has 0 spiro atoms. The Balaban J connectivity index is 0.000000387. The molecule has 34 heavy (non-hydrogen) atoms. The Hall–Kier alpha value is -4.11. The van der Waals surface area contributed by atoms with E-state index in [1.807, 2.05) is 17.0 Å². The van der Waals surface area contributed by atoms with Gasteiger partial charge in [-0.25, -0.2) is 4.79 Å². The van der Waals surface area contributed by atoms with Crippen LogP contribution in [0, 0.1) is 16.7 Å². The van der Waals surface area contributed by atoms with E-state index in [1.165, 1.54) is 13.1 Å². The topological polar surface area (TPSA) is 189 Å². The van der Waals surface area contributed by atoms with E-state index in [0.29, 0.717) is 17.9 Å². The first-order valence-corrected chi connectivity index (χ1v) is 10.7. The Bertz CT molecular complexity index is 1210. The monoisotopic (exact) mass is 468 g/mol. The predicted octanol–water partition coefficient (Wildman–Crippen LogP) is -0.849. The number of anilines is 1. The van der Waals surface area contributed by atoms with Crippen LogP contribution in [0.2, 0.25) is 0 Å². The van der Waals surface area contributed by atoms with Gasteiger partial charge in [-0.15, -0.1) is 0 Å². The van der Waals surface area contributed by atoms with Gasteiger partial charge in [-0.1, -0.05) is 18.2 Å². The van der Waals surface area contributed by atoms with E-state index < -0.39 is 5.69 Å². The number of nitrogens with one attached hydrogen (secondary N) is 1. The molecule has 182 valence electrons. The van der Waals surface area contributed by atoms with Gasteiger partial charge < -0.3 is 27.0 Å². The van der Waals surface area contributed by atoms with Crippen molar-refractivity contribution in [2.45, 2.75) is 25.4 Å². The Kier molecular flexibility index (Phi) is 8.97. The van der Waals surface area contributed by atoms with E-state index in [9.17, 15) is 14.9 Å². The number of hydrogen-bond acceptors (Lipinski definition) is 6. The predicted molar refractivity (Wildman–Crippen MR) is 133 cm³/mol. The Morgan fingerprint density at radius 3 is 2.53 bits per heavy atom. The van der Waals surface area contributed by atoms with Crippen molar-refractivity contribution in [2.75, 3.05) is 32.1 Å². The zero-order valence-electron chi connectivity index (χ0n) is 19.7. The van der Waals surface area contributed by atoms with Crippen LogP contribution in [0.3, 0.4) is 0 Å². The van der Waals surface area contributed by atoms with Crippen LogP contribution < -0.4 is 33.3 Å². The summed E-state index contributed by atoms with van der Waals surface area (Å²) in [6.45, 7) is 1.59. The molecule has 3 rings (SSSR count). The van der Waals surface area contributed by atoms with Crippen molar-refractivity contribution < 1.29 is 0 Å². The lowest BCUT2D eigenvalue weighted by Crippen LogP contribution is -2.47. The highest BCUT2D eigenvalue weighted by Gasteiger charge is 2.22.